The topological polar surface area (TPSA) is 214 Å². The Bertz CT molecular complexity index is 1550. The molecule has 14 nitrogen and oxygen atoms in total. The van der Waals surface area contributed by atoms with Gasteiger partial charge in [-0.1, -0.05) is 17.7 Å². The van der Waals surface area contributed by atoms with E-state index in [9.17, 15) is 53.9 Å². The SMILES string of the molecule is C.O=C(OC(=O)C(F)(F)F)C(F)(F)F.S=S=S=S=S=S=S=S=S=S=S=S=S.[N-]=[N+]=NCCOCCN.[N-]=[N+]=NCCOCCNC(=O)C(F)(F)F. The quantitative estimate of drug-likeness (QED) is 0.0592. The fourth-order valence-electron chi connectivity index (χ4n) is 1.23. The number of ether oxygens (including phenoxy) is 3. The van der Waals surface area contributed by atoms with Gasteiger partial charge in [-0.05, 0) is 11.1 Å². The van der Waals surface area contributed by atoms with Gasteiger partial charge in [-0.25, -0.2) is 9.59 Å². The zero-order valence-electron chi connectivity index (χ0n) is 23.6. The van der Waals surface area contributed by atoms with E-state index in [-0.39, 0.29) is 33.7 Å². The number of nitrogens with one attached hydrogen (secondary N) is 1. The molecule has 0 heterocycles. The number of carbonyl (C=O) groups is 3. The number of rotatable bonds is 11. The third-order valence-corrected chi connectivity index (χ3v) is 25.0. The molecule has 0 unspecified atom stereocenters. The Balaban J connectivity index is -0.000000186. The van der Waals surface area contributed by atoms with Gasteiger partial charge in [0.25, 0.3) is 0 Å². The Hall–Kier alpha value is -0.660. The lowest BCUT2D eigenvalue weighted by Crippen LogP contribution is -2.38. The predicted molar refractivity (Wildman–Crippen MR) is 203 cm³/mol. The van der Waals surface area contributed by atoms with E-state index in [4.69, 9.17) is 48.6 Å². The summed E-state index contributed by atoms with van der Waals surface area (Å²) < 4.78 is 114. The van der Waals surface area contributed by atoms with Crippen LogP contribution in [0.3, 0.4) is 0 Å². The minimum absolute atomic E-state index is 0. The number of nitrogens with two attached hydrogens (primary N) is 1. The normalized spacial score (nSPS) is 9.61. The van der Waals surface area contributed by atoms with Crippen molar-refractivity contribution in [2.24, 2.45) is 16.0 Å². The molecule has 36 heteroatoms. The molecule has 0 rings (SSSR count). The third kappa shape index (κ3) is 51.5. The molecule has 0 saturated carbocycles. The van der Waals surface area contributed by atoms with Gasteiger partial charge in [-0.2, -0.15) is 39.5 Å². The molecule has 1 amide bonds. The second-order valence-electron chi connectivity index (χ2n) is 6.10. The molecule has 51 heavy (non-hydrogen) atoms. The number of carbonyl (C=O) groups excluding carboxylic acids is 3. The number of halogens is 9. The van der Waals surface area contributed by atoms with Gasteiger partial charge in [0.15, 0.2) is 0 Å². The fourth-order valence-corrected chi connectivity index (χ4v) is 25.9. The average Bonchev–Trinajstić information content (AvgIpc) is 3.03. The summed E-state index contributed by atoms with van der Waals surface area (Å²) in [5, 5.41) is 8.01. The lowest BCUT2D eigenvalue weighted by Gasteiger charge is -2.07. The van der Waals surface area contributed by atoms with Crippen molar-refractivity contribution in [1.82, 2.24) is 5.32 Å². The first-order valence-electron chi connectivity index (χ1n) is 11.1. The molecule has 0 aromatic heterocycles. The van der Waals surface area contributed by atoms with Gasteiger partial charge in [-0.15, -0.1) is 0 Å². The maximum absolute atomic E-state index is 11.6. The Morgan fingerprint density at radius 1 is 0.647 bits per heavy atom. The van der Waals surface area contributed by atoms with E-state index in [1.165, 1.54) is 17.8 Å². The maximum atomic E-state index is 11.6. The molecule has 0 aromatic rings. The molecule has 0 atom stereocenters. The first-order valence-corrected chi connectivity index (χ1v) is 27.1. The summed E-state index contributed by atoms with van der Waals surface area (Å²) in [4.78, 5) is 34.5. The number of alkyl halides is 9. The Kier molecular flexibility index (Phi) is 47.4. The van der Waals surface area contributed by atoms with Crippen LogP contribution in [-0.2, 0) is 149 Å². The Morgan fingerprint density at radius 2 is 1.00 bits per heavy atom. The van der Waals surface area contributed by atoms with Crippen LogP contribution in [-0.4, -0.2) is 89.0 Å². The van der Waals surface area contributed by atoms with Crippen molar-refractivity contribution in [3.05, 3.63) is 20.9 Å². The first-order chi connectivity index (χ1) is 23.4. The van der Waals surface area contributed by atoms with E-state index in [2.05, 4.69) is 24.8 Å². The summed E-state index contributed by atoms with van der Waals surface area (Å²) in [6, 6.07) is 0. The molecule has 300 valence electrons. The number of nitrogens with zero attached hydrogens (tertiary/aromatic N) is 6. The van der Waals surface area contributed by atoms with Crippen LogP contribution in [0.2, 0.25) is 0 Å². The van der Waals surface area contributed by atoms with Crippen molar-refractivity contribution < 1.29 is 68.1 Å². The van der Waals surface area contributed by atoms with E-state index < -0.39 is 36.4 Å². The maximum Gasteiger partial charge on any atom is 0.491 e. The van der Waals surface area contributed by atoms with Crippen LogP contribution in [0.25, 0.3) is 20.9 Å². The van der Waals surface area contributed by atoms with Crippen LogP contribution in [0.5, 0.6) is 0 Å². The monoisotopic (exact) mass is 998 g/mol. The number of esters is 2. The first kappa shape index (κ1) is 59.6. The molecule has 0 aliphatic heterocycles. The van der Waals surface area contributed by atoms with Gasteiger partial charge >= 0.3 is 36.4 Å². The van der Waals surface area contributed by atoms with E-state index in [1.807, 2.05) is 0 Å². The molecule has 3 N–H and O–H groups in total. The minimum Gasteiger partial charge on any atom is -0.380 e. The van der Waals surface area contributed by atoms with Gasteiger partial charge < -0.3 is 25.3 Å². The van der Waals surface area contributed by atoms with Crippen LogP contribution >= 0.6 is 0 Å². The minimum atomic E-state index is -5.62. The highest BCUT2D eigenvalue weighted by Crippen LogP contribution is 2.21. The second kappa shape index (κ2) is 40.5. The average molecular weight is 999 g/mol. The van der Waals surface area contributed by atoms with E-state index in [0.29, 0.717) is 26.3 Å². The molecule has 0 bridgehead atoms. The Labute approximate surface area is 323 Å². The van der Waals surface area contributed by atoms with Crippen molar-refractivity contribution >= 4 is 138 Å². The number of hydrogen-bond acceptors (Lipinski definition) is 11. The van der Waals surface area contributed by atoms with Crippen LogP contribution in [0.1, 0.15) is 7.43 Å². The number of hydrogen-bond donors (Lipinski definition) is 2. The van der Waals surface area contributed by atoms with Gasteiger partial charge in [0.2, 0.25) is 0 Å². The zero-order chi connectivity index (χ0) is 39.3. The highest BCUT2D eigenvalue weighted by atomic mass is 33.5. The number of azide groups is 2. The molecule has 0 aromatic carbocycles. The molecule has 0 radical (unpaired) electrons. The van der Waals surface area contributed by atoms with Gasteiger partial charge in [0.05, 0.1) is 26.4 Å². The summed E-state index contributed by atoms with van der Waals surface area (Å²) >= 11 is 9.40. The standard InChI is InChI=1S/C6H9F3N4O2.C4F6O3.C4H10N4O.CH4.S13/c7-6(8,9)5(14)11-1-3-15-4-2-12-13-10;5-3(6,7)1(11)13-2(12)4(8,9)10;5-1-3-9-4-2-7-8-6;;1-3-5-7-9-11-13-12-10-8-6-4-2/h1-4H2,(H,11,14);;1-5H2;1H4;. The van der Waals surface area contributed by atoms with Crippen LogP contribution in [0.4, 0.5) is 39.5 Å². The van der Waals surface area contributed by atoms with Gasteiger partial charge in [-0.3, -0.25) is 4.79 Å². The third-order valence-electron chi connectivity index (χ3n) is 2.78. The van der Waals surface area contributed by atoms with Gasteiger partial charge in [0, 0.05) is 156 Å². The summed E-state index contributed by atoms with van der Waals surface area (Å²) in [5.41, 5.74) is 20.8. The fraction of sp³-hybridized carbons (Fsp3) is 0.800. The molecule has 0 aliphatic rings. The summed E-state index contributed by atoms with van der Waals surface area (Å²) in [7, 11) is 18.1. The van der Waals surface area contributed by atoms with Gasteiger partial charge in [0.1, 0.15) is 0 Å². The molecular formula is C15H23F9N8O6S13. The van der Waals surface area contributed by atoms with Crippen molar-refractivity contribution in [2.45, 2.75) is 26.0 Å². The second-order valence-corrected chi connectivity index (χ2v) is 25.6. The molecule has 0 aliphatic carbocycles. The lowest BCUT2D eigenvalue weighted by molar-refractivity contribution is -0.221. The highest BCUT2D eigenvalue weighted by Gasteiger charge is 2.49. The molecule has 0 saturated heterocycles. The van der Waals surface area contributed by atoms with Crippen LogP contribution in [0.15, 0.2) is 10.2 Å². The lowest BCUT2D eigenvalue weighted by atomic mass is 10.5. The molecule has 0 spiro atoms. The Morgan fingerprint density at radius 3 is 1.29 bits per heavy atom. The highest BCUT2D eigenvalue weighted by molar-refractivity contribution is 8.75. The van der Waals surface area contributed by atoms with Crippen molar-refractivity contribution in [2.75, 3.05) is 52.6 Å². The van der Waals surface area contributed by atoms with Crippen molar-refractivity contribution in [3.63, 3.8) is 0 Å². The summed E-state index contributed by atoms with van der Waals surface area (Å²) in [6.07, 6.45) is -16.1. The van der Waals surface area contributed by atoms with E-state index in [1.54, 1.807) is 85.2 Å². The molecular weight excluding hydrogens is 976 g/mol. The van der Waals surface area contributed by atoms with E-state index in [0.717, 1.165) is 0 Å². The summed E-state index contributed by atoms with van der Waals surface area (Å²) in [6.45, 7) is 1.78. The zero-order valence-corrected chi connectivity index (χ0v) is 34.2. The predicted octanol–water partition coefficient (Wildman–Crippen LogP) is 3.05. The van der Waals surface area contributed by atoms with Crippen LogP contribution < -0.4 is 11.1 Å². The summed E-state index contributed by atoms with van der Waals surface area (Å²) in [5.74, 6) is -8.40. The number of amides is 1. The van der Waals surface area contributed by atoms with Crippen molar-refractivity contribution in [3.8, 4) is 0 Å². The molecule has 0 fully saturated rings. The van der Waals surface area contributed by atoms with E-state index >= 15 is 0 Å². The van der Waals surface area contributed by atoms with Crippen LogP contribution in [0, 0.1) is 0 Å². The smallest absolute Gasteiger partial charge is 0.380 e. The van der Waals surface area contributed by atoms with Crippen molar-refractivity contribution in [1.29, 1.82) is 0 Å². The largest absolute Gasteiger partial charge is 0.491 e.